The number of halogens is 1. The maximum atomic E-state index is 13.9. The molecule has 188 valence electrons. The summed E-state index contributed by atoms with van der Waals surface area (Å²) in [4.78, 5) is 29.1. The number of benzene rings is 2. The number of hydrogen-bond donors (Lipinski definition) is 1. The first-order valence-electron chi connectivity index (χ1n) is 12.4. The number of nitrogens with one attached hydrogen (secondary N) is 1. The number of rotatable bonds is 7. The Morgan fingerprint density at radius 3 is 2.44 bits per heavy atom. The molecule has 1 aromatic heterocycles. The highest BCUT2D eigenvalue weighted by atomic mass is 19.1. The zero-order valence-corrected chi connectivity index (χ0v) is 19.9. The van der Waals surface area contributed by atoms with Crippen LogP contribution in [0.4, 0.5) is 4.39 Å². The fourth-order valence-electron chi connectivity index (χ4n) is 4.81. The number of ether oxygens (including phenoxy) is 2. The fraction of sp³-hybridized carbons (Fsp3) is 0.357. The van der Waals surface area contributed by atoms with E-state index in [1.807, 2.05) is 6.07 Å². The summed E-state index contributed by atoms with van der Waals surface area (Å²) >= 11 is 0. The summed E-state index contributed by atoms with van der Waals surface area (Å²) < 4.78 is 31.0. The summed E-state index contributed by atoms with van der Waals surface area (Å²) in [5.41, 5.74) is 0.670. The Hall–Kier alpha value is -3.81. The van der Waals surface area contributed by atoms with Gasteiger partial charge in [-0.25, -0.2) is 4.39 Å². The van der Waals surface area contributed by atoms with Crippen LogP contribution in [0, 0.1) is 5.82 Å². The van der Waals surface area contributed by atoms with Crippen LogP contribution in [0.3, 0.4) is 0 Å². The summed E-state index contributed by atoms with van der Waals surface area (Å²) in [7, 11) is 0. The van der Waals surface area contributed by atoms with Crippen LogP contribution in [0.15, 0.2) is 71.3 Å². The predicted octanol–water partition coefficient (Wildman–Crippen LogP) is 4.78. The molecule has 0 spiro atoms. The average Bonchev–Trinajstić information content (AvgIpc) is 3.44. The zero-order chi connectivity index (χ0) is 24.9. The molecule has 0 bridgehead atoms. The van der Waals surface area contributed by atoms with Gasteiger partial charge in [-0.15, -0.1) is 0 Å². The lowest BCUT2D eigenvalue weighted by atomic mass is 9.95. The Bertz CT molecular complexity index is 1170. The Morgan fingerprint density at radius 2 is 1.72 bits per heavy atom. The summed E-state index contributed by atoms with van der Waals surface area (Å²) in [6.07, 6.45) is 5.59. The highest BCUT2D eigenvalue weighted by Crippen LogP contribution is 2.33. The molecule has 5 rings (SSSR count). The molecule has 0 unspecified atom stereocenters. The molecular formula is C28H29FN2O5. The number of furan rings is 1. The average molecular weight is 493 g/mol. The van der Waals surface area contributed by atoms with Gasteiger partial charge in [0.05, 0.1) is 6.26 Å². The third-order valence-corrected chi connectivity index (χ3v) is 6.66. The van der Waals surface area contributed by atoms with E-state index < -0.39 is 18.1 Å². The van der Waals surface area contributed by atoms with E-state index in [1.54, 1.807) is 42.5 Å². The zero-order valence-electron chi connectivity index (χ0n) is 19.9. The van der Waals surface area contributed by atoms with Gasteiger partial charge in [-0.1, -0.05) is 43.5 Å². The van der Waals surface area contributed by atoms with E-state index in [0.717, 1.165) is 32.1 Å². The van der Waals surface area contributed by atoms with Crippen molar-refractivity contribution in [3.05, 3.63) is 84.1 Å². The van der Waals surface area contributed by atoms with E-state index in [-0.39, 0.29) is 30.9 Å². The predicted molar refractivity (Wildman–Crippen MR) is 130 cm³/mol. The molecule has 1 saturated carbocycles. The van der Waals surface area contributed by atoms with Gasteiger partial charge in [-0.2, -0.15) is 0 Å². The first kappa shape index (κ1) is 23.9. The van der Waals surface area contributed by atoms with Crippen LogP contribution < -0.4 is 14.8 Å². The minimum atomic E-state index is -1.03. The molecule has 2 heterocycles. The van der Waals surface area contributed by atoms with Crippen molar-refractivity contribution in [3.63, 3.8) is 0 Å². The Kier molecular flexibility index (Phi) is 7.21. The van der Waals surface area contributed by atoms with Gasteiger partial charge in [0, 0.05) is 12.6 Å². The standard InChI is InChI=1S/C28H29FN2O5/c29-20-14-12-19(13-15-20)17-31(28(33)25-18-35-22-9-4-5-10-23(22)36-25)26(24-11-6-16-34-24)27(32)30-21-7-2-1-3-8-21/h4-6,9-16,21,25-26H,1-3,7-8,17-18H2,(H,30,32)/t25-,26+/m0/s1. The number of carbonyl (C=O) groups is 2. The molecule has 0 saturated heterocycles. The van der Waals surface area contributed by atoms with Crippen LogP contribution in [-0.2, 0) is 16.1 Å². The third kappa shape index (κ3) is 5.37. The quantitative estimate of drug-likeness (QED) is 0.514. The molecule has 36 heavy (non-hydrogen) atoms. The maximum absolute atomic E-state index is 13.9. The number of para-hydroxylation sites is 2. The van der Waals surface area contributed by atoms with Gasteiger partial charge >= 0.3 is 0 Å². The monoisotopic (exact) mass is 492 g/mol. The van der Waals surface area contributed by atoms with Crippen LogP contribution in [0.5, 0.6) is 11.5 Å². The van der Waals surface area contributed by atoms with E-state index in [4.69, 9.17) is 13.9 Å². The van der Waals surface area contributed by atoms with Crippen molar-refractivity contribution in [2.24, 2.45) is 0 Å². The minimum Gasteiger partial charge on any atom is -0.485 e. The summed E-state index contributed by atoms with van der Waals surface area (Å²) in [6.45, 7) is 0.0644. The van der Waals surface area contributed by atoms with Gasteiger partial charge < -0.3 is 24.1 Å². The van der Waals surface area contributed by atoms with Crippen LogP contribution in [0.2, 0.25) is 0 Å². The topological polar surface area (TPSA) is 81.0 Å². The lowest BCUT2D eigenvalue weighted by Gasteiger charge is -2.35. The Morgan fingerprint density at radius 1 is 0.972 bits per heavy atom. The molecule has 8 heteroatoms. The Balaban J connectivity index is 1.46. The van der Waals surface area contributed by atoms with Crippen molar-refractivity contribution in [1.29, 1.82) is 0 Å². The van der Waals surface area contributed by atoms with Crippen molar-refractivity contribution in [3.8, 4) is 11.5 Å². The van der Waals surface area contributed by atoms with Gasteiger partial charge in [0.2, 0.25) is 6.10 Å². The molecule has 0 radical (unpaired) electrons. The van der Waals surface area contributed by atoms with Crippen molar-refractivity contribution in [1.82, 2.24) is 10.2 Å². The van der Waals surface area contributed by atoms with Crippen molar-refractivity contribution in [2.75, 3.05) is 6.61 Å². The van der Waals surface area contributed by atoms with Gasteiger partial charge in [0.15, 0.2) is 17.5 Å². The first-order chi connectivity index (χ1) is 17.6. The normalized spacial score (nSPS) is 18.3. The molecular weight excluding hydrogens is 463 g/mol. The number of fused-ring (bicyclic) bond motifs is 1. The molecule has 1 N–H and O–H groups in total. The molecule has 1 fully saturated rings. The number of hydrogen-bond acceptors (Lipinski definition) is 5. The summed E-state index contributed by atoms with van der Waals surface area (Å²) in [5, 5.41) is 3.13. The molecule has 7 nitrogen and oxygen atoms in total. The number of nitrogens with zero attached hydrogens (tertiary/aromatic N) is 1. The van der Waals surface area contributed by atoms with Gasteiger partial charge in [0.25, 0.3) is 11.8 Å². The van der Waals surface area contributed by atoms with E-state index in [9.17, 15) is 14.0 Å². The first-order valence-corrected chi connectivity index (χ1v) is 12.4. The van der Waals surface area contributed by atoms with Crippen molar-refractivity contribution < 1.29 is 27.9 Å². The van der Waals surface area contributed by atoms with Crippen LogP contribution in [0.1, 0.15) is 49.5 Å². The second kappa shape index (κ2) is 10.8. The summed E-state index contributed by atoms with van der Waals surface area (Å²) in [5.74, 6) is 0.249. The molecule has 2 atom stereocenters. The third-order valence-electron chi connectivity index (χ3n) is 6.66. The van der Waals surface area contributed by atoms with Crippen LogP contribution >= 0.6 is 0 Å². The Labute approximate surface area is 209 Å². The largest absolute Gasteiger partial charge is 0.485 e. The van der Waals surface area contributed by atoms with Crippen molar-refractivity contribution >= 4 is 11.8 Å². The number of carbonyl (C=O) groups excluding carboxylic acids is 2. The maximum Gasteiger partial charge on any atom is 0.268 e. The summed E-state index contributed by atoms with van der Waals surface area (Å²) in [6, 6.07) is 15.4. The van der Waals surface area contributed by atoms with Crippen molar-refractivity contribution in [2.45, 2.75) is 56.8 Å². The molecule has 1 aliphatic heterocycles. The fourth-order valence-corrected chi connectivity index (χ4v) is 4.81. The van der Waals surface area contributed by atoms with Crippen LogP contribution in [-0.4, -0.2) is 35.5 Å². The lowest BCUT2D eigenvalue weighted by Crippen LogP contribution is -2.52. The van der Waals surface area contributed by atoms with Gasteiger partial charge in [0.1, 0.15) is 18.2 Å². The molecule has 1 aliphatic carbocycles. The van der Waals surface area contributed by atoms with E-state index >= 15 is 0 Å². The van der Waals surface area contributed by atoms with Gasteiger partial charge in [-0.05, 0) is 54.8 Å². The van der Waals surface area contributed by atoms with E-state index in [0.29, 0.717) is 22.8 Å². The highest BCUT2D eigenvalue weighted by molar-refractivity contribution is 5.90. The highest BCUT2D eigenvalue weighted by Gasteiger charge is 2.40. The SMILES string of the molecule is O=C(NC1CCCCC1)[C@@H](c1ccco1)N(Cc1ccc(F)cc1)C(=O)[C@@H]1COc2ccccc2O1. The van der Waals surface area contributed by atoms with E-state index in [1.165, 1.54) is 23.3 Å². The number of amides is 2. The minimum absolute atomic E-state index is 0.00484. The van der Waals surface area contributed by atoms with Gasteiger partial charge in [-0.3, -0.25) is 9.59 Å². The molecule has 2 aliphatic rings. The molecule has 2 aromatic carbocycles. The smallest absolute Gasteiger partial charge is 0.268 e. The van der Waals surface area contributed by atoms with E-state index in [2.05, 4.69) is 5.32 Å². The molecule has 2 amide bonds. The van der Waals surface area contributed by atoms with Crippen LogP contribution in [0.25, 0.3) is 0 Å². The lowest BCUT2D eigenvalue weighted by molar-refractivity contribution is -0.150. The molecule has 3 aromatic rings. The second-order valence-electron chi connectivity index (χ2n) is 9.22. The second-order valence-corrected chi connectivity index (χ2v) is 9.22.